The van der Waals surface area contributed by atoms with Crippen LogP contribution in [0.5, 0.6) is 0 Å². The van der Waals surface area contributed by atoms with Crippen molar-refractivity contribution >= 4 is 24.1 Å². The topological polar surface area (TPSA) is 350 Å². The number of aliphatic hydroxyl groups excluding tert-OH is 9. The lowest BCUT2D eigenvalue weighted by molar-refractivity contribution is -0.391. The standard InChI is InChI=1S/C59H88N2O20/c1-8-17-58-19-16-38(78-52-47(81-51-43(70)41(68)40(67)34(26-62)77-51)45(44(71)46(80-52)49(73)74)79-50-42(69)39(66)33(64)27-76-50)55(5,28-63)35(58)15-18-56(6)36(58)14-13-31-32-24-54(3,4)20-21-59(32,37(65)25-57(31,56)7)53(75)61-23-22-60-48(72)30-11-9-29(2)10-12-30/h9-13,28,32-47,50-52,62,64-71H,8,14-27H2,1-7H3,(H,60,72)(H,61,75)(H,73,74). The van der Waals surface area contributed by atoms with E-state index in [4.69, 9.17) is 28.4 Å². The van der Waals surface area contributed by atoms with Gasteiger partial charge in [0, 0.05) is 18.7 Å². The monoisotopic (exact) mass is 1140 g/mol. The predicted octanol–water partition coefficient (Wildman–Crippen LogP) is 1.14. The van der Waals surface area contributed by atoms with Gasteiger partial charge in [-0.15, -0.1) is 0 Å². The molecule has 24 unspecified atom stereocenters. The summed E-state index contributed by atoms with van der Waals surface area (Å²) in [5.41, 5.74) is -1.31. The van der Waals surface area contributed by atoms with Gasteiger partial charge in [0.25, 0.3) is 5.91 Å². The third kappa shape index (κ3) is 10.5. The summed E-state index contributed by atoms with van der Waals surface area (Å²) in [6.45, 7) is 13.9. The van der Waals surface area contributed by atoms with Crippen LogP contribution >= 0.6 is 0 Å². The molecular weight excluding hydrogens is 1060 g/mol. The number of aldehydes is 1. The molecule has 0 aromatic heterocycles. The van der Waals surface area contributed by atoms with E-state index in [1.165, 1.54) is 5.57 Å². The Balaban J connectivity index is 1.02. The Labute approximate surface area is 472 Å². The largest absolute Gasteiger partial charge is 0.479 e. The zero-order valence-electron chi connectivity index (χ0n) is 47.6. The molecule has 4 saturated carbocycles. The van der Waals surface area contributed by atoms with Crippen LogP contribution in [-0.2, 0) is 42.8 Å². The van der Waals surface area contributed by atoms with Crippen molar-refractivity contribution in [3.05, 3.63) is 47.0 Å². The second-order valence-electron chi connectivity index (χ2n) is 26.4. The molecule has 1 aromatic carbocycles. The number of carbonyl (C=O) groups excluding carboxylic acids is 3. The SMILES string of the molecule is CCCC12CCC(OC3OC(C(=O)O)C(O)C(OC4OCC(O)C(O)C4O)C3OC3OC(CO)C(O)C(O)C3O)C(C)(C=O)C1CCC1(C)C2CC=C2C3CC(C)(C)CCC3(C(=O)NCCNC(=O)c3ccc(C)cc3)C(O)CC21C. The Morgan fingerprint density at radius 2 is 1.42 bits per heavy atom. The molecule has 24 atom stereocenters. The summed E-state index contributed by atoms with van der Waals surface area (Å²) in [5.74, 6) is -2.77. The normalized spacial score (nSPS) is 46.6. The van der Waals surface area contributed by atoms with Gasteiger partial charge in [-0.2, -0.15) is 0 Å². The van der Waals surface area contributed by atoms with E-state index in [1.54, 1.807) is 12.1 Å². The minimum atomic E-state index is -2.15. The third-order valence-electron chi connectivity index (χ3n) is 21.4. The van der Waals surface area contributed by atoms with Crippen molar-refractivity contribution in [3.8, 4) is 0 Å². The molecule has 22 heteroatoms. The summed E-state index contributed by atoms with van der Waals surface area (Å²) >= 11 is 0. The number of rotatable bonds is 16. The van der Waals surface area contributed by atoms with E-state index < -0.39 is 144 Å². The average molecular weight is 1150 g/mol. The Hall–Kier alpha value is -3.56. The first kappa shape index (κ1) is 62.0. The van der Waals surface area contributed by atoms with Crippen LogP contribution < -0.4 is 10.6 Å². The summed E-state index contributed by atoms with van der Waals surface area (Å²) < 4.78 is 36.4. The molecule has 22 nitrogen and oxygen atoms in total. The summed E-state index contributed by atoms with van der Waals surface area (Å²) in [6, 6.07) is 7.25. The van der Waals surface area contributed by atoms with Gasteiger partial charge in [0.05, 0.1) is 36.3 Å². The molecule has 0 spiro atoms. The number of carbonyl (C=O) groups is 4. The molecule has 0 radical (unpaired) electrons. The molecule has 1 aromatic rings. The van der Waals surface area contributed by atoms with Gasteiger partial charge < -0.3 is 94.9 Å². The molecule has 2 amide bonds. The average Bonchev–Trinajstić information content (AvgIpc) is 3.51. The second kappa shape index (κ2) is 23.4. The van der Waals surface area contributed by atoms with E-state index in [0.717, 1.165) is 31.1 Å². The van der Waals surface area contributed by atoms with Gasteiger partial charge in [-0.1, -0.05) is 77.3 Å². The lowest BCUT2D eigenvalue weighted by Gasteiger charge is -2.72. The van der Waals surface area contributed by atoms with Crippen LogP contribution in [0.15, 0.2) is 35.9 Å². The highest BCUT2D eigenvalue weighted by Crippen LogP contribution is 2.76. The number of fused-ring (bicyclic) bond motifs is 7. The van der Waals surface area contributed by atoms with E-state index in [0.29, 0.717) is 50.5 Å². The van der Waals surface area contributed by atoms with Gasteiger partial charge in [0.15, 0.2) is 25.0 Å². The Bertz CT molecular complexity index is 2480. The molecule has 3 aliphatic heterocycles. The van der Waals surface area contributed by atoms with Gasteiger partial charge >= 0.3 is 5.97 Å². The molecule has 0 bridgehead atoms. The van der Waals surface area contributed by atoms with Gasteiger partial charge in [0.1, 0.15) is 67.3 Å². The molecule has 9 rings (SSSR count). The number of amides is 2. The van der Waals surface area contributed by atoms with Crippen molar-refractivity contribution in [1.29, 1.82) is 0 Å². The van der Waals surface area contributed by atoms with Crippen molar-refractivity contribution in [3.63, 3.8) is 0 Å². The number of allylic oxidation sites excluding steroid dienone is 2. The molecule has 8 aliphatic rings. The maximum atomic E-state index is 14.9. The van der Waals surface area contributed by atoms with Crippen molar-refractivity contribution in [2.75, 3.05) is 26.3 Å². The first-order valence-corrected chi connectivity index (χ1v) is 29.2. The highest BCUT2D eigenvalue weighted by Gasteiger charge is 2.73. The highest BCUT2D eigenvalue weighted by molar-refractivity contribution is 5.94. The maximum Gasteiger partial charge on any atom is 0.335 e. The molecule has 81 heavy (non-hydrogen) atoms. The molecule has 3 heterocycles. The number of hydrogen-bond donors (Lipinski definition) is 12. The lowest BCUT2D eigenvalue weighted by Crippen LogP contribution is -2.70. The molecule has 7 fully saturated rings. The fourth-order valence-corrected chi connectivity index (χ4v) is 16.8. The molecule has 5 aliphatic carbocycles. The van der Waals surface area contributed by atoms with Gasteiger partial charge in [-0.05, 0) is 123 Å². The van der Waals surface area contributed by atoms with Crippen molar-refractivity contribution < 1.29 is 98.7 Å². The van der Waals surface area contributed by atoms with E-state index in [2.05, 4.69) is 51.3 Å². The number of carboxylic acids is 1. The summed E-state index contributed by atoms with van der Waals surface area (Å²) in [5, 5.41) is 116. The molecule has 454 valence electrons. The molecular formula is C59H88N2O20. The van der Waals surface area contributed by atoms with Gasteiger partial charge in [-0.3, -0.25) is 9.59 Å². The minimum absolute atomic E-state index is 0.0201. The number of benzene rings is 1. The number of carboxylic acid groups (broad SMARTS) is 1. The van der Waals surface area contributed by atoms with Crippen LogP contribution in [0.25, 0.3) is 0 Å². The number of aryl methyl sites for hydroxylation is 1. The number of ether oxygens (including phenoxy) is 6. The Morgan fingerprint density at radius 1 is 0.741 bits per heavy atom. The summed E-state index contributed by atoms with van der Waals surface area (Å²) in [4.78, 5) is 55.0. The van der Waals surface area contributed by atoms with Crippen LogP contribution in [0, 0.1) is 57.2 Å². The molecule has 12 N–H and O–H groups in total. The quantitative estimate of drug-likeness (QED) is 0.0478. The van der Waals surface area contributed by atoms with Gasteiger partial charge in [-0.25, -0.2) is 4.79 Å². The smallest absolute Gasteiger partial charge is 0.335 e. The summed E-state index contributed by atoms with van der Waals surface area (Å²) in [6.07, 6.45) is -18.6. The number of aliphatic carboxylic acids is 1. The lowest BCUT2D eigenvalue weighted by atomic mass is 9.32. The first-order chi connectivity index (χ1) is 38.2. The predicted molar refractivity (Wildman–Crippen MR) is 285 cm³/mol. The van der Waals surface area contributed by atoms with Crippen molar-refractivity contribution in [1.82, 2.24) is 10.6 Å². The van der Waals surface area contributed by atoms with Crippen molar-refractivity contribution in [2.45, 2.75) is 217 Å². The van der Waals surface area contributed by atoms with Crippen LogP contribution in [0.2, 0.25) is 0 Å². The van der Waals surface area contributed by atoms with Gasteiger partial charge in [0.2, 0.25) is 5.91 Å². The Morgan fingerprint density at radius 3 is 2.09 bits per heavy atom. The third-order valence-corrected chi connectivity index (χ3v) is 21.4. The van der Waals surface area contributed by atoms with Crippen molar-refractivity contribution in [2.24, 2.45) is 50.2 Å². The zero-order valence-corrected chi connectivity index (χ0v) is 47.6. The zero-order chi connectivity index (χ0) is 58.9. The van der Waals surface area contributed by atoms with E-state index >= 15 is 0 Å². The number of aliphatic hydroxyl groups is 9. The number of hydrogen-bond acceptors (Lipinski definition) is 19. The molecule has 3 saturated heterocycles. The minimum Gasteiger partial charge on any atom is -0.479 e. The Kier molecular flexibility index (Phi) is 17.9. The fraction of sp³-hybridized carbons (Fsp3) is 0.797. The van der Waals surface area contributed by atoms with Crippen LogP contribution in [0.4, 0.5) is 0 Å². The highest BCUT2D eigenvalue weighted by atomic mass is 16.8. The first-order valence-electron chi connectivity index (χ1n) is 29.2. The second-order valence-corrected chi connectivity index (χ2v) is 26.4. The number of nitrogens with one attached hydrogen (secondary N) is 2. The van der Waals surface area contributed by atoms with E-state index in [-0.39, 0.29) is 54.5 Å². The maximum absolute atomic E-state index is 14.9. The van der Waals surface area contributed by atoms with Crippen LogP contribution in [-0.4, -0.2) is 200 Å². The fourth-order valence-electron chi connectivity index (χ4n) is 16.8. The van der Waals surface area contributed by atoms with E-state index in [9.17, 15) is 70.2 Å². The van der Waals surface area contributed by atoms with Crippen LogP contribution in [0.3, 0.4) is 0 Å². The van der Waals surface area contributed by atoms with E-state index in [1.807, 2.05) is 26.0 Å². The van der Waals surface area contributed by atoms with Crippen LogP contribution in [0.1, 0.15) is 128 Å². The summed E-state index contributed by atoms with van der Waals surface area (Å²) in [7, 11) is 0.